The molecule has 0 bridgehead atoms. The van der Waals surface area contributed by atoms with Crippen molar-refractivity contribution in [1.82, 2.24) is 10.2 Å². The second kappa shape index (κ2) is 7.82. The number of ether oxygens (including phenoxy) is 2. The molecular formula is C18H22N2O2. The number of piperazine rings is 1. The molecular weight excluding hydrogens is 276 g/mol. The smallest absolute Gasteiger partial charge is 0.127 e. The molecule has 1 heterocycles. The zero-order chi connectivity index (χ0) is 15.0. The predicted molar refractivity (Wildman–Crippen MR) is 87.8 cm³/mol. The summed E-state index contributed by atoms with van der Waals surface area (Å²) in [5.41, 5.74) is 0. The van der Waals surface area contributed by atoms with Crippen LogP contribution >= 0.6 is 0 Å². The summed E-state index contributed by atoms with van der Waals surface area (Å²) in [4.78, 5) is 2.42. The molecule has 22 heavy (non-hydrogen) atoms. The lowest BCUT2D eigenvalue weighted by Gasteiger charge is -2.26. The summed E-state index contributed by atoms with van der Waals surface area (Å²) in [6.45, 7) is 6.06. The molecule has 1 saturated heterocycles. The molecule has 2 aromatic rings. The van der Waals surface area contributed by atoms with Crippen molar-refractivity contribution in [2.24, 2.45) is 0 Å². The van der Waals surface area contributed by atoms with Gasteiger partial charge in [0, 0.05) is 32.7 Å². The van der Waals surface area contributed by atoms with Gasteiger partial charge in [0.2, 0.25) is 0 Å². The van der Waals surface area contributed by atoms with E-state index >= 15 is 0 Å². The minimum atomic E-state index is 0.721. The van der Waals surface area contributed by atoms with E-state index in [0.29, 0.717) is 0 Å². The molecule has 3 rings (SSSR count). The monoisotopic (exact) mass is 298 g/mol. The third-order valence-electron chi connectivity index (χ3n) is 3.69. The summed E-state index contributed by atoms with van der Waals surface area (Å²) in [5.74, 6) is 2.55. The van der Waals surface area contributed by atoms with Crippen LogP contribution in [0.25, 0.3) is 0 Å². The number of nitrogens with zero attached hydrogens (tertiary/aromatic N) is 1. The number of hydrogen-bond donors (Lipinski definition) is 1. The standard InChI is InChI=1S/C18H22N2O2/c1-2-4-17(5-3-1)22-18-8-6-16(7-9-18)21-15-14-20-12-10-19-11-13-20/h1-9,19H,10-15H2. The number of hydrogen-bond acceptors (Lipinski definition) is 4. The molecule has 116 valence electrons. The fraction of sp³-hybridized carbons (Fsp3) is 0.333. The van der Waals surface area contributed by atoms with E-state index in [1.807, 2.05) is 54.6 Å². The lowest BCUT2D eigenvalue weighted by Crippen LogP contribution is -2.44. The molecule has 4 heteroatoms. The summed E-state index contributed by atoms with van der Waals surface area (Å²) in [5, 5.41) is 3.35. The highest BCUT2D eigenvalue weighted by Crippen LogP contribution is 2.23. The van der Waals surface area contributed by atoms with Gasteiger partial charge >= 0.3 is 0 Å². The minimum Gasteiger partial charge on any atom is -0.492 e. The Hall–Kier alpha value is -2.04. The van der Waals surface area contributed by atoms with Gasteiger partial charge in [-0.25, -0.2) is 0 Å². The Balaban J connectivity index is 1.45. The predicted octanol–water partition coefficient (Wildman–Crippen LogP) is 2.76. The summed E-state index contributed by atoms with van der Waals surface area (Å²) >= 11 is 0. The first-order valence-electron chi connectivity index (χ1n) is 7.79. The van der Waals surface area contributed by atoms with Gasteiger partial charge < -0.3 is 14.8 Å². The van der Waals surface area contributed by atoms with Gasteiger partial charge in [-0.15, -0.1) is 0 Å². The maximum absolute atomic E-state index is 5.80. The zero-order valence-corrected chi connectivity index (χ0v) is 12.7. The number of nitrogens with one attached hydrogen (secondary N) is 1. The van der Waals surface area contributed by atoms with Crippen LogP contribution < -0.4 is 14.8 Å². The van der Waals surface area contributed by atoms with Crippen molar-refractivity contribution >= 4 is 0 Å². The van der Waals surface area contributed by atoms with Crippen molar-refractivity contribution in [3.63, 3.8) is 0 Å². The largest absolute Gasteiger partial charge is 0.492 e. The first-order valence-corrected chi connectivity index (χ1v) is 7.79. The molecule has 0 radical (unpaired) electrons. The number of rotatable bonds is 6. The highest BCUT2D eigenvalue weighted by molar-refractivity contribution is 5.35. The van der Waals surface area contributed by atoms with Gasteiger partial charge in [-0.05, 0) is 36.4 Å². The fourth-order valence-corrected chi connectivity index (χ4v) is 2.46. The third-order valence-corrected chi connectivity index (χ3v) is 3.69. The van der Waals surface area contributed by atoms with Gasteiger partial charge in [0.25, 0.3) is 0 Å². The van der Waals surface area contributed by atoms with E-state index in [1.54, 1.807) is 0 Å². The van der Waals surface area contributed by atoms with Gasteiger partial charge in [-0.2, -0.15) is 0 Å². The molecule has 0 unspecified atom stereocenters. The summed E-state index contributed by atoms with van der Waals surface area (Å²) in [6, 6.07) is 17.6. The van der Waals surface area contributed by atoms with Crippen LogP contribution in [0.3, 0.4) is 0 Å². The molecule has 1 fully saturated rings. The van der Waals surface area contributed by atoms with Crippen LogP contribution in [0.1, 0.15) is 0 Å². The lowest BCUT2D eigenvalue weighted by molar-refractivity contribution is 0.191. The average Bonchev–Trinajstić information content (AvgIpc) is 2.58. The molecule has 0 aromatic heterocycles. The Kier molecular flexibility index (Phi) is 5.29. The Morgan fingerprint density at radius 1 is 0.818 bits per heavy atom. The van der Waals surface area contributed by atoms with Gasteiger partial charge in [0.1, 0.15) is 23.9 Å². The summed E-state index contributed by atoms with van der Waals surface area (Å²) in [7, 11) is 0. The maximum atomic E-state index is 5.80. The molecule has 0 atom stereocenters. The average molecular weight is 298 g/mol. The van der Waals surface area contributed by atoms with Crippen molar-refractivity contribution in [2.45, 2.75) is 0 Å². The molecule has 4 nitrogen and oxygen atoms in total. The van der Waals surface area contributed by atoms with E-state index in [0.717, 1.165) is 56.6 Å². The Bertz CT molecular complexity index is 551. The molecule has 0 spiro atoms. The van der Waals surface area contributed by atoms with Gasteiger partial charge in [0.15, 0.2) is 0 Å². The van der Waals surface area contributed by atoms with Crippen LogP contribution in [-0.2, 0) is 0 Å². The van der Waals surface area contributed by atoms with Crippen molar-refractivity contribution in [3.8, 4) is 17.2 Å². The number of para-hydroxylation sites is 1. The van der Waals surface area contributed by atoms with Crippen LogP contribution in [-0.4, -0.2) is 44.2 Å². The topological polar surface area (TPSA) is 33.7 Å². The first-order chi connectivity index (χ1) is 10.9. The highest BCUT2D eigenvalue weighted by Gasteiger charge is 2.08. The van der Waals surface area contributed by atoms with Crippen molar-refractivity contribution in [3.05, 3.63) is 54.6 Å². The third kappa shape index (κ3) is 4.48. The van der Waals surface area contributed by atoms with Crippen LogP contribution in [0.5, 0.6) is 17.2 Å². The second-order valence-electron chi connectivity index (χ2n) is 5.33. The van der Waals surface area contributed by atoms with Crippen molar-refractivity contribution in [1.29, 1.82) is 0 Å². The van der Waals surface area contributed by atoms with Gasteiger partial charge in [-0.3, -0.25) is 4.90 Å². The zero-order valence-electron chi connectivity index (χ0n) is 12.7. The van der Waals surface area contributed by atoms with E-state index in [1.165, 1.54) is 0 Å². The van der Waals surface area contributed by atoms with Crippen LogP contribution in [0.2, 0.25) is 0 Å². The maximum Gasteiger partial charge on any atom is 0.127 e. The van der Waals surface area contributed by atoms with Crippen molar-refractivity contribution < 1.29 is 9.47 Å². The van der Waals surface area contributed by atoms with Crippen LogP contribution in [0.15, 0.2) is 54.6 Å². The Morgan fingerprint density at radius 2 is 1.45 bits per heavy atom. The van der Waals surface area contributed by atoms with Gasteiger partial charge in [0.05, 0.1) is 0 Å². The summed E-state index contributed by atoms with van der Waals surface area (Å²) in [6.07, 6.45) is 0. The Morgan fingerprint density at radius 3 is 2.18 bits per heavy atom. The van der Waals surface area contributed by atoms with Crippen molar-refractivity contribution in [2.75, 3.05) is 39.3 Å². The molecule has 2 aromatic carbocycles. The van der Waals surface area contributed by atoms with Crippen LogP contribution in [0, 0.1) is 0 Å². The lowest BCUT2D eigenvalue weighted by atomic mass is 10.3. The quantitative estimate of drug-likeness (QED) is 0.889. The van der Waals surface area contributed by atoms with E-state index in [2.05, 4.69) is 10.2 Å². The first kappa shape index (κ1) is 14.9. The molecule has 1 aliphatic heterocycles. The minimum absolute atomic E-state index is 0.721. The Labute approximate surface area is 131 Å². The van der Waals surface area contributed by atoms with E-state index in [9.17, 15) is 0 Å². The molecule has 1 aliphatic rings. The number of benzene rings is 2. The molecule has 1 N–H and O–H groups in total. The summed E-state index contributed by atoms with van der Waals surface area (Å²) < 4.78 is 11.6. The molecule has 0 amide bonds. The normalized spacial score (nSPS) is 15.5. The van der Waals surface area contributed by atoms with E-state index in [4.69, 9.17) is 9.47 Å². The SMILES string of the molecule is c1ccc(Oc2ccc(OCCN3CCNCC3)cc2)cc1. The van der Waals surface area contributed by atoms with Gasteiger partial charge in [-0.1, -0.05) is 18.2 Å². The second-order valence-corrected chi connectivity index (χ2v) is 5.33. The van der Waals surface area contributed by atoms with E-state index < -0.39 is 0 Å². The fourth-order valence-electron chi connectivity index (χ4n) is 2.46. The molecule has 0 aliphatic carbocycles. The van der Waals surface area contributed by atoms with E-state index in [-0.39, 0.29) is 0 Å². The molecule has 0 saturated carbocycles. The van der Waals surface area contributed by atoms with Crippen LogP contribution in [0.4, 0.5) is 0 Å². The highest BCUT2D eigenvalue weighted by atomic mass is 16.5.